The number of guanidine groups is 1. The molecule has 1 fully saturated rings. The summed E-state index contributed by atoms with van der Waals surface area (Å²) in [5.41, 5.74) is 10.6. The van der Waals surface area contributed by atoms with Crippen LogP contribution in [0.4, 0.5) is 0 Å². The third-order valence-corrected chi connectivity index (χ3v) is 1.77. The Balaban J connectivity index is 2.66. The minimum absolute atomic E-state index is 0.204. The van der Waals surface area contributed by atoms with E-state index in [-0.39, 0.29) is 11.9 Å². The van der Waals surface area contributed by atoms with Crippen LogP contribution in [-0.4, -0.2) is 29.4 Å². The van der Waals surface area contributed by atoms with Crippen LogP contribution in [0.5, 0.6) is 0 Å². The van der Waals surface area contributed by atoms with Crippen LogP contribution in [0.25, 0.3) is 0 Å². The summed E-state index contributed by atoms with van der Waals surface area (Å²) in [7, 11) is 0. The predicted octanol–water partition coefficient (Wildman–Crippen LogP) is -1.17. The lowest BCUT2D eigenvalue weighted by atomic mass is 10.1. The number of carbonyl (C=O) groups is 1. The quantitative estimate of drug-likeness (QED) is 0.304. The number of hydrogen-bond donors (Lipinski definition) is 3. The van der Waals surface area contributed by atoms with Gasteiger partial charge in [-0.05, 0) is 12.8 Å². The van der Waals surface area contributed by atoms with E-state index in [9.17, 15) is 4.79 Å². The molecular weight excluding hydrogens is 144 g/mol. The first-order valence-electron chi connectivity index (χ1n) is 3.54. The van der Waals surface area contributed by atoms with Gasteiger partial charge in [0.2, 0.25) is 5.91 Å². The molecule has 0 aromatic carbocycles. The monoisotopic (exact) mass is 156 g/mol. The summed E-state index contributed by atoms with van der Waals surface area (Å²) in [4.78, 5) is 12.4. The van der Waals surface area contributed by atoms with E-state index in [1.54, 1.807) is 0 Å². The van der Waals surface area contributed by atoms with Gasteiger partial charge in [-0.25, -0.2) is 0 Å². The number of piperidine rings is 1. The normalized spacial score (nSPS) is 25.4. The van der Waals surface area contributed by atoms with Crippen molar-refractivity contribution in [2.45, 2.75) is 18.9 Å². The molecule has 62 valence electrons. The van der Waals surface area contributed by atoms with E-state index >= 15 is 0 Å². The van der Waals surface area contributed by atoms with Gasteiger partial charge in [-0.1, -0.05) is 0 Å². The molecule has 0 spiro atoms. The molecule has 1 amide bonds. The maximum Gasteiger partial charge on any atom is 0.246 e. The highest BCUT2D eigenvalue weighted by atomic mass is 16.2. The highest BCUT2D eigenvalue weighted by Gasteiger charge is 2.26. The number of likely N-dealkylation sites (tertiary alicyclic amines) is 1. The van der Waals surface area contributed by atoms with Crippen molar-refractivity contribution in [3.05, 3.63) is 0 Å². The molecule has 1 rings (SSSR count). The molecule has 0 aliphatic carbocycles. The zero-order valence-corrected chi connectivity index (χ0v) is 6.21. The average Bonchev–Trinajstić information content (AvgIpc) is 1.94. The summed E-state index contributed by atoms with van der Waals surface area (Å²) in [6, 6.07) is -0.465. The van der Waals surface area contributed by atoms with Crippen molar-refractivity contribution >= 4 is 11.9 Å². The predicted molar refractivity (Wildman–Crippen MR) is 40.8 cm³/mol. The summed E-state index contributed by atoms with van der Waals surface area (Å²) in [5.74, 6) is -0.436. The zero-order chi connectivity index (χ0) is 8.43. The highest BCUT2D eigenvalue weighted by molar-refractivity contribution is 5.97. The van der Waals surface area contributed by atoms with Gasteiger partial charge in [0.05, 0.1) is 6.04 Å². The van der Waals surface area contributed by atoms with Crippen molar-refractivity contribution in [3.8, 4) is 0 Å². The second-order valence-electron chi connectivity index (χ2n) is 2.62. The Hall–Kier alpha value is -1.10. The van der Waals surface area contributed by atoms with Gasteiger partial charge < -0.3 is 11.5 Å². The molecule has 1 heterocycles. The molecule has 11 heavy (non-hydrogen) atoms. The Bertz CT molecular complexity index is 191. The number of amides is 1. The number of hydrogen-bond acceptors (Lipinski definition) is 3. The Morgan fingerprint density at radius 3 is 2.82 bits per heavy atom. The van der Waals surface area contributed by atoms with E-state index < -0.39 is 6.04 Å². The first-order chi connectivity index (χ1) is 5.13. The molecule has 1 aliphatic heterocycles. The van der Waals surface area contributed by atoms with E-state index in [1.165, 1.54) is 4.90 Å². The maximum absolute atomic E-state index is 11.1. The van der Waals surface area contributed by atoms with Gasteiger partial charge in [-0.3, -0.25) is 15.1 Å². The smallest absolute Gasteiger partial charge is 0.246 e. The first kappa shape index (κ1) is 8.00. The SMILES string of the molecule is N=C(N)N1CCCC(N)C1=O. The Morgan fingerprint density at radius 1 is 1.73 bits per heavy atom. The lowest BCUT2D eigenvalue weighted by molar-refractivity contribution is -0.130. The summed E-state index contributed by atoms with van der Waals surface area (Å²) < 4.78 is 0. The van der Waals surface area contributed by atoms with Gasteiger partial charge in [0, 0.05) is 6.54 Å². The molecule has 5 heteroatoms. The molecule has 0 saturated carbocycles. The lowest BCUT2D eigenvalue weighted by Crippen LogP contribution is -2.52. The molecular formula is C6H12N4O. The Kier molecular flexibility index (Phi) is 2.09. The third-order valence-electron chi connectivity index (χ3n) is 1.77. The fourth-order valence-corrected chi connectivity index (χ4v) is 1.14. The molecule has 0 aromatic rings. The van der Waals surface area contributed by atoms with E-state index in [1.807, 2.05) is 0 Å². The van der Waals surface area contributed by atoms with Crippen molar-refractivity contribution in [2.75, 3.05) is 6.54 Å². The van der Waals surface area contributed by atoms with Gasteiger partial charge in [-0.15, -0.1) is 0 Å². The van der Waals surface area contributed by atoms with Crippen LogP contribution < -0.4 is 11.5 Å². The lowest BCUT2D eigenvalue weighted by Gasteiger charge is -2.28. The van der Waals surface area contributed by atoms with Crippen molar-refractivity contribution in [2.24, 2.45) is 11.5 Å². The van der Waals surface area contributed by atoms with Crippen LogP contribution in [0.2, 0.25) is 0 Å². The second kappa shape index (κ2) is 2.87. The van der Waals surface area contributed by atoms with Crippen molar-refractivity contribution in [1.29, 1.82) is 5.41 Å². The molecule has 5 N–H and O–H groups in total. The largest absolute Gasteiger partial charge is 0.370 e. The van der Waals surface area contributed by atoms with E-state index in [0.29, 0.717) is 13.0 Å². The van der Waals surface area contributed by atoms with Crippen LogP contribution >= 0.6 is 0 Å². The number of nitrogens with zero attached hydrogens (tertiary/aromatic N) is 1. The Morgan fingerprint density at radius 2 is 2.36 bits per heavy atom. The highest BCUT2D eigenvalue weighted by Crippen LogP contribution is 2.08. The third kappa shape index (κ3) is 1.48. The van der Waals surface area contributed by atoms with Crippen LogP contribution in [0.15, 0.2) is 0 Å². The number of rotatable bonds is 0. The summed E-state index contributed by atoms with van der Waals surface area (Å²) >= 11 is 0. The molecule has 0 bridgehead atoms. The van der Waals surface area contributed by atoms with E-state index in [4.69, 9.17) is 16.9 Å². The standard InChI is InChI=1S/C6H12N4O/c7-4-2-1-3-10(5(4)11)6(8)9/h4H,1-3,7H2,(H3,8,9). The molecule has 0 aromatic heterocycles. The fraction of sp³-hybridized carbons (Fsp3) is 0.667. The number of nitrogens with one attached hydrogen (secondary N) is 1. The first-order valence-corrected chi connectivity index (χ1v) is 3.54. The Labute approximate surface area is 64.8 Å². The summed E-state index contributed by atoms with van der Waals surface area (Å²) in [6.07, 6.45) is 1.52. The second-order valence-corrected chi connectivity index (χ2v) is 2.62. The van der Waals surface area contributed by atoms with Crippen molar-refractivity contribution < 1.29 is 4.79 Å². The van der Waals surface area contributed by atoms with Crippen LogP contribution in [0, 0.1) is 5.41 Å². The van der Waals surface area contributed by atoms with Gasteiger partial charge in [0.25, 0.3) is 0 Å². The van der Waals surface area contributed by atoms with Gasteiger partial charge in [0.1, 0.15) is 0 Å². The topological polar surface area (TPSA) is 96.2 Å². The maximum atomic E-state index is 11.1. The summed E-state index contributed by atoms with van der Waals surface area (Å²) in [5, 5.41) is 7.04. The van der Waals surface area contributed by atoms with Crippen molar-refractivity contribution in [1.82, 2.24) is 4.90 Å². The van der Waals surface area contributed by atoms with Crippen LogP contribution in [0.3, 0.4) is 0 Å². The number of carbonyl (C=O) groups excluding carboxylic acids is 1. The van der Waals surface area contributed by atoms with Crippen LogP contribution in [-0.2, 0) is 4.79 Å². The molecule has 5 nitrogen and oxygen atoms in total. The molecule has 1 unspecified atom stereocenters. The van der Waals surface area contributed by atoms with E-state index in [2.05, 4.69) is 0 Å². The average molecular weight is 156 g/mol. The fourth-order valence-electron chi connectivity index (χ4n) is 1.14. The van der Waals surface area contributed by atoms with E-state index in [0.717, 1.165) is 6.42 Å². The molecule has 1 atom stereocenters. The minimum atomic E-state index is -0.465. The number of nitrogens with two attached hydrogens (primary N) is 2. The van der Waals surface area contributed by atoms with Gasteiger partial charge in [0.15, 0.2) is 5.96 Å². The molecule has 1 saturated heterocycles. The zero-order valence-electron chi connectivity index (χ0n) is 6.21. The minimum Gasteiger partial charge on any atom is -0.370 e. The molecule has 1 aliphatic rings. The van der Waals surface area contributed by atoms with Gasteiger partial charge >= 0.3 is 0 Å². The van der Waals surface area contributed by atoms with Gasteiger partial charge in [-0.2, -0.15) is 0 Å². The summed E-state index contributed by atoms with van der Waals surface area (Å²) in [6.45, 7) is 0.530. The molecule has 0 radical (unpaired) electrons. The van der Waals surface area contributed by atoms with Crippen LogP contribution in [0.1, 0.15) is 12.8 Å². The van der Waals surface area contributed by atoms with Crippen molar-refractivity contribution in [3.63, 3.8) is 0 Å².